The fraction of sp³-hybridized carbons (Fsp3) is 0.562. The van der Waals surface area contributed by atoms with Crippen LogP contribution in [0.25, 0.3) is 0 Å². The van der Waals surface area contributed by atoms with Crippen molar-refractivity contribution in [2.24, 2.45) is 7.05 Å². The van der Waals surface area contributed by atoms with Crippen molar-refractivity contribution in [3.8, 4) is 0 Å². The number of rotatable bonds is 3. The van der Waals surface area contributed by atoms with Crippen molar-refractivity contribution in [2.75, 3.05) is 19.8 Å². The van der Waals surface area contributed by atoms with Gasteiger partial charge in [-0.15, -0.1) is 10.2 Å². The Morgan fingerprint density at radius 3 is 2.74 bits per heavy atom. The molecule has 1 amide bonds. The van der Waals surface area contributed by atoms with Gasteiger partial charge in [0, 0.05) is 25.2 Å². The highest BCUT2D eigenvalue weighted by Gasteiger charge is 2.34. The molecule has 1 fully saturated rings. The van der Waals surface area contributed by atoms with Gasteiger partial charge in [-0.2, -0.15) is 0 Å². The monoisotopic (exact) mass is 318 g/mol. The summed E-state index contributed by atoms with van der Waals surface area (Å²) >= 11 is 0. The van der Waals surface area contributed by atoms with Crippen molar-refractivity contribution >= 4 is 5.91 Å². The Hall–Kier alpha value is -2.15. The molecule has 0 bridgehead atoms. The number of amides is 1. The van der Waals surface area contributed by atoms with Crippen molar-refractivity contribution in [2.45, 2.75) is 32.7 Å². The third-order valence-corrected chi connectivity index (χ3v) is 4.22. The topological polar surface area (TPSA) is 73.4 Å². The van der Waals surface area contributed by atoms with Crippen LogP contribution >= 0.6 is 0 Å². The van der Waals surface area contributed by atoms with Crippen LogP contribution in [0, 0.1) is 6.92 Å². The van der Waals surface area contributed by atoms with Gasteiger partial charge in [-0.05, 0) is 19.1 Å². The second kappa shape index (κ2) is 6.16. The number of hydrogen-bond donors (Lipinski definition) is 0. The number of hydrogen-bond acceptors (Lipinski definition) is 5. The number of nitrogens with zero attached hydrogens (tertiary/aromatic N) is 4. The average molecular weight is 318 g/mol. The summed E-state index contributed by atoms with van der Waals surface area (Å²) in [6.07, 6.45) is 0. The molecule has 124 valence electrons. The molecule has 1 aliphatic rings. The van der Waals surface area contributed by atoms with Crippen LogP contribution < -0.4 is 0 Å². The molecule has 0 spiro atoms. The van der Waals surface area contributed by atoms with Gasteiger partial charge in [0.15, 0.2) is 0 Å². The minimum Gasteiger partial charge on any atom is -0.423 e. The summed E-state index contributed by atoms with van der Waals surface area (Å²) in [5, 5.41) is 8.18. The molecule has 23 heavy (non-hydrogen) atoms. The van der Waals surface area contributed by atoms with Crippen LogP contribution in [0.5, 0.6) is 0 Å². The minimum atomic E-state index is -0.341. The van der Waals surface area contributed by atoms with Crippen LogP contribution in [0.15, 0.2) is 16.5 Å². The van der Waals surface area contributed by atoms with Gasteiger partial charge in [-0.1, -0.05) is 13.8 Å². The standard InChI is InChI=1S/C16H22N4O3/c1-10(2)14-17-18-15(23-14)13-9-22-8-7-20(13)16(21)12-6-5-11(3)19(12)4/h5-6,10,13H,7-9H2,1-4H3/t13-/m1/s1. The zero-order valence-corrected chi connectivity index (χ0v) is 13.9. The molecule has 3 rings (SSSR count). The predicted molar refractivity (Wildman–Crippen MR) is 83.1 cm³/mol. The van der Waals surface area contributed by atoms with E-state index in [0.29, 0.717) is 37.2 Å². The van der Waals surface area contributed by atoms with Gasteiger partial charge in [-0.3, -0.25) is 4.79 Å². The smallest absolute Gasteiger partial charge is 0.271 e. The van der Waals surface area contributed by atoms with Crippen molar-refractivity contribution in [1.82, 2.24) is 19.7 Å². The minimum absolute atomic E-state index is 0.0433. The van der Waals surface area contributed by atoms with Crippen molar-refractivity contribution in [3.63, 3.8) is 0 Å². The lowest BCUT2D eigenvalue weighted by atomic mass is 10.2. The number of aromatic nitrogens is 3. The zero-order chi connectivity index (χ0) is 16.6. The van der Waals surface area contributed by atoms with Crippen LogP contribution in [-0.2, 0) is 11.8 Å². The summed E-state index contributed by atoms with van der Waals surface area (Å²) < 4.78 is 13.2. The maximum Gasteiger partial charge on any atom is 0.271 e. The number of carbonyl (C=O) groups excluding carboxylic acids is 1. The van der Waals surface area contributed by atoms with E-state index in [2.05, 4.69) is 10.2 Å². The lowest BCUT2D eigenvalue weighted by Crippen LogP contribution is -2.44. The first-order valence-electron chi connectivity index (χ1n) is 7.83. The number of carbonyl (C=O) groups is 1. The van der Waals surface area contributed by atoms with E-state index in [-0.39, 0.29) is 17.9 Å². The molecule has 0 unspecified atom stereocenters. The molecule has 2 aromatic heterocycles. The van der Waals surface area contributed by atoms with Gasteiger partial charge in [0.1, 0.15) is 11.7 Å². The highest BCUT2D eigenvalue weighted by Crippen LogP contribution is 2.27. The van der Waals surface area contributed by atoms with E-state index in [0.717, 1.165) is 5.69 Å². The molecule has 0 radical (unpaired) electrons. The van der Waals surface area contributed by atoms with Crippen LogP contribution in [0.3, 0.4) is 0 Å². The Labute approximate surface area is 135 Å². The highest BCUT2D eigenvalue weighted by molar-refractivity contribution is 5.93. The number of ether oxygens (including phenoxy) is 1. The second-order valence-corrected chi connectivity index (χ2v) is 6.14. The maximum atomic E-state index is 12.9. The molecule has 1 saturated heterocycles. The predicted octanol–water partition coefficient (Wildman–Crippen LogP) is 2.05. The number of aryl methyl sites for hydroxylation is 1. The number of morpholine rings is 1. The quantitative estimate of drug-likeness (QED) is 0.866. The van der Waals surface area contributed by atoms with E-state index < -0.39 is 0 Å². The Balaban J connectivity index is 1.89. The van der Waals surface area contributed by atoms with Crippen molar-refractivity contribution in [3.05, 3.63) is 35.3 Å². The fourth-order valence-corrected chi connectivity index (χ4v) is 2.64. The van der Waals surface area contributed by atoms with E-state index in [9.17, 15) is 4.79 Å². The van der Waals surface area contributed by atoms with E-state index in [1.165, 1.54) is 0 Å². The van der Waals surface area contributed by atoms with E-state index >= 15 is 0 Å². The molecule has 0 aromatic carbocycles. The molecule has 7 nitrogen and oxygen atoms in total. The molecular weight excluding hydrogens is 296 g/mol. The fourth-order valence-electron chi connectivity index (χ4n) is 2.64. The van der Waals surface area contributed by atoms with Crippen molar-refractivity contribution < 1.29 is 13.9 Å². The summed E-state index contributed by atoms with van der Waals surface area (Å²) in [6.45, 7) is 7.34. The highest BCUT2D eigenvalue weighted by atomic mass is 16.5. The summed E-state index contributed by atoms with van der Waals surface area (Å²) in [4.78, 5) is 14.7. The molecule has 1 aliphatic heterocycles. The van der Waals surface area contributed by atoms with Gasteiger partial charge in [-0.25, -0.2) is 0 Å². The lowest BCUT2D eigenvalue weighted by Gasteiger charge is -2.33. The third-order valence-electron chi connectivity index (χ3n) is 4.22. The first-order chi connectivity index (χ1) is 11.0. The summed E-state index contributed by atoms with van der Waals surface area (Å²) in [6, 6.07) is 3.44. The molecule has 1 atom stereocenters. The molecular formula is C16H22N4O3. The van der Waals surface area contributed by atoms with Crippen LogP contribution in [0.1, 0.15) is 53.8 Å². The Kier molecular flexibility index (Phi) is 4.21. The maximum absolute atomic E-state index is 12.9. The summed E-state index contributed by atoms with van der Waals surface area (Å²) in [5.74, 6) is 1.12. The van der Waals surface area contributed by atoms with E-state index in [4.69, 9.17) is 9.15 Å². The van der Waals surface area contributed by atoms with Crippen LogP contribution in [0.2, 0.25) is 0 Å². The summed E-state index contributed by atoms with van der Waals surface area (Å²) in [5.41, 5.74) is 1.69. The van der Waals surface area contributed by atoms with Crippen LogP contribution in [-0.4, -0.2) is 45.3 Å². The van der Waals surface area contributed by atoms with Gasteiger partial charge in [0.05, 0.1) is 13.2 Å². The second-order valence-electron chi connectivity index (χ2n) is 6.14. The first-order valence-corrected chi connectivity index (χ1v) is 7.83. The van der Waals surface area contributed by atoms with Crippen LogP contribution in [0.4, 0.5) is 0 Å². The molecule has 0 aliphatic carbocycles. The van der Waals surface area contributed by atoms with Gasteiger partial charge < -0.3 is 18.6 Å². The lowest BCUT2D eigenvalue weighted by molar-refractivity contribution is -0.0112. The molecule has 0 N–H and O–H groups in total. The van der Waals surface area contributed by atoms with Gasteiger partial charge >= 0.3 is 0 Å². The largest absolute Gasteiger partial charge is 0.423 e. The van der Waals surface area contributed by atoms with Crippen molar-refractivity contribution in [1.29, 1.82) is 0 Å². The Morgan fingerprint density at radius 2 is 2.13 bits per heavy atom. The Bertz CT molecular complexity index is 704. The Morgan fingerprint density at radius 1 is 1.35 bits per heavy atom. The average Bonchev–Trinajstić information content (AvgIpc) is 3.15. The normalized spacial score (nSPS) is 18.7. The first kappa shape index (κ1) is 15.7. The molecule has 0 saturated carbocycles. The zero-order valence-electron chi connectivity index (χ0n) is 13.9. The van der Waals surface area contributed by atoms with Gasteiger partial charge in [0.25, 0.3) is 5.91 Å². The third kappa shape index (κ3) is 2.88. The SMILES string of the molecule is Cc1ccc(C(=O)N2CCOC[C@@H]2c2nnc(C(C)C)o2)n1C. The van der Waals surface area contributed by atoms with E-state index in [1.54, 1.807) is 4.90 Å². The van der Waals surface area contributed by atoms with E-state index in [1.807, 2.05) is 44.5 Å². The van der Waals surface area contributed by atoms with Gasteiger partial charge in [0.2, 0.25) is 11.8 Å². The molecule has 7 heteroatoms. The molecule has 3 heterocycles. The molecule has 2 aromatic rings. The summed E-state index contributed by atoms with van der Waals surface area (Å²) in [7, 11) is 1.89.